The molecule has 5 nitrogen and oxygen atoms in total. The molecule has 0 amide bonds. The minimum absolute atomic E-state index is 0.272. The number of nitrogens with zero attached hydrogens (tertiary/aromatic N) is 4. The summed E-state index contributed by atoms with van der Waals surface area (Å²) in [5.41, 5.74) is 0. The third kappa shape index (κ3) is 3.80. The molecule has 1 saturated heterocycles. The Kier molecular flexibility index (Phi) is 5.16. The zero-order chi connectivity index (χ0) is 12.8. The number of aryl methyl sites for hydroxylation is 1. The van der Waals surface area contributed by atoms with Crippen LogP contribution in [0.25, 0.3) is 0 Å². The van der Waals surface area contributed by atoms with Crippen molar-refractivity contribution in [3.8, 4) is 0 Å². The minimum atomic E-state index is 0.272. The fourth-order valence-electron chi connectivity index (χ4n) is 2.50. The van der Waals surface area contributed by atoms with E-state index in [0.29, 0.717) is 0 Å². The van der Waals surface area contributed by atoms with Crippen LogP contribution in [-0.4, -0.2) is 70.3 Å². The van der Waals surface area contributed by atoms with E-state index in [1.54, 1.807) is 0 Å². The van der Waals surface area contributed by atoms with Crippen molar-refractivity contribution in [3.63, 3.8) is 0 Å². The van der Waals surface area contributed by atoms with Crippen LogP contribution in [0.1, 0.15) is 12.2 Å². The molecule has 1 N–H and O–H groups in total. The van der Waals surface area contributed by atoms with Crippen molar-refractivity contribution >= 4 is 0 Å². The number of hydrogen-bond donors (Lipinski definition) is 1. The summed E-state index contributed by atoms with van der Waals surface area (Å²) in [6.45, 7) is 9.69. The monoisotopic (exact) mass is 252 g/mol. The Hall–Kier alpha value is -0.910. The van der Waals surface area contributed by atoms with Gasteiger partial charge in [0.1, 0.15) is 5.82 Å². The normalized spacial score (nSPS) is 19.0. The number of imidazole rings is 1. The Morgan fingerprint density at radius 3 is 2.44 bits per heavy atom. The van der Waals surface area contributed by atoms with Crippen LogP contribution in [0.4, 0.5) is 0 Å². The first-order valence-corrected chi connectivity index (χ1v) is 6.83. The summed E-state index contributed by atoms with van der Waals surface area (Å²) in [6.07, 6.45) is 5.11. The van der Waals surface area contributed by atoms with E-state index >= 15 is 0 Å². The lowest BCUT2D eigenvalue weighted by Gasteiger charge is -2.21. The predicted molar refractivity (Wildman–Crippen MR) is 71.5 cm³/mol. The summed E-state index contributed by atoms with van der Waals surface area (Å²) in [5, 5.41) is 8.97. The Bertz CT molecular complexity index is 353. The van der Waals surface area contributed by atoms with E-state index in [2.05, 4.69) is 19.4 Å². The Balaban J connectivity index is 1.75. The van der Waals surface area contributed by atoms with E-state index in [9.17, 15) is 0 Å². The van der Waals surface area contributed by atoms with Gasteiger partial charge in [-0.1, -0.05) is 0 Å². The zero-order valence-corrected chi connectivity index (χ0v) is 11.3. The van der Waals surface area contributed by atoms with Crippen molar-refractivity contribution in [3.05, 3.63) is 18.2 Å². The third-order valence-electron chi connectivity index (χ3n) is 3.68. The summed E-state index contributed by atoms with van der Waals surface area (Å²) in [7, 11) is 0. The van der Waals surface area contributed by atoms with Gasteiger partial charge in [-0.25, -0.2) is 4.98 Å². The van der Waals surface area contributed by atoms with E-state index in [-0.39, 0.29) is 6.61 Å². The molecule has 18 heavy (non-hydrogen) atoms. The van der Waals surface area contributed by atoms with Crippen LogP contribution in [0.15, 0.2) is 12.4 Å². The average molecular weight is 252 g/mol. The van der Waals surface area contributed by atoms with Gasteiger partial charge >= 0.3 is 0 Å². The zero-order valence-electron chi connectivity index (χ0n) is 11.3. The topological polar surface area (TPSA) is 44.5 Å². The number of β-amino-alcohol motifs (C(OH)–C–C–N with tert-alkyl or cyclic N) is 1. The van der Waals surface area contributed by atoms with Gasteiger partial charge in [-0.2, -0.15) is 0 Å². The molecule has 0 aromatic carbocycles. The highest BCUT2D eigenvalue weighted by Gasteiger charge is 2.14. The molecule has 1 aliphatic heterocycles. The van der Waals surface area contributed by atoms with Crippen LogP contribution in [0.3, 0.4) is 0 Å². The first kappa shape index (κ1) is 13.5. The standard InChI is InChI=1S/C13H24N4O/c1-13-14-3-6-17(13)10-9-15-4-2-5-16(8-7-15)11-12-18/h3,6,18H,2,4-5,7-12H2,1H3. The lowest BCUT2D eigenvalue weighted by atomic mass is 10.4. The molecule has 102 valence electrons. The van der Waals surface area contributed by atoms with Crippen LogP contribution < -0.4 is 0 Å². The largest absolute Gasteiger partial charge is 0.395 e. The van der Waals surface area contributed by atoms with Gasteiger partial charge in [0.05, 0.1) is 6.61 Å². The van der Waals surface area contributed by atoms with Crippen molar-refractivity contribution in [2.24, 2.45) is 0 Å². The number of aliphatic hydroxyl groups excluding tert-OH is 1. The van der Waals surface area contributed by atoms with Gasteiger partial charge in [0, 0.05) is 45.1 Å². The van der Waals surface area contributed by atoms with Gasteiger partial charge in [-0.3, -0.25) is 4.90 Å². The van der Waals surface area contributed by atoms with Gasteiger partial charge in [-0.05, 0) is 26.4 Å². The number of rotatable bonds is 5. The van der Waals surface area contributed by atoms with Crippen molar-refractivity contribution < 1.29 is 5.11 Å². The summed E-state index contributed by atoms with van der Waals surface area (Å²) in [4.78, 5) is 9.10. The highest BCUT2D eigenvalue weighted by molar-refractivity contribution is 4.88. The van der Waals surface area contributed by atoms with Crippen molar-refractivity contribution in [1.29, 1.82) is 0 Å². The van der Waals surface area contributed by atoms with E-state index in [1.165, 1.54) is 6.42 Å². The van der Waals surface area contributed by atoms with Crippen LogP contribution in [-0.2, 0) is 6.54 Å². The summed E-state index contributed by atoms with van der Waals surface area (Å²) in [6, 6.07) is 0. The first-order valence-electron chi connectivity index (χ1n) is 6.83. The molecule has 0 aliphatic carbocycles. The smallest absolute Gasteiger partial charge is 0.105 e. The van der Waals surface area contributed by atoms with Gasteiger partial charge in [-0.15, -0.1) is 0 Å². The van der Waals surface area contributed by atoms with E-state index in [0.717, 1.165) is 51.6 Å². The fraction of sp³-hybridized carbons (Fsp3) is 0.769. The molecule has 0 atom stereocenters. The maximum Gasteiger partial charge on any atom is 0.105 e. The number of aliphatic hydroxyl groups is 1. The molecular formula is C13H24N4O. The first-order chi connectivity index (χ1) is 8.79. The Labute approximate surface area is 109 Å². The van der Waals surface area contributed by atoms with Crippen LogP contribution >= 0.6 is 0 Å². The molecule has 0 spiro atoms. The van der Waals surface area contributed by atoms with E-state index in [4.69, 9.17) is 5.11 Å². The maximum absolute atomic E-state index is 8.97. The highest BCUT2D eigenvalue weighted by atomic mass is 16.3. The molecule has 0 unspecified atom stereocenters. The summed E-state index contributed by atoms with van der Waals surface area (Å²) >= 11 is 0. The quantitative estimate of drug-likeness (QED) is 0.812. The Morgan fingerprint density at radius 2 is 1.83 bits per heavy atom. The highest BCUT2D eigenvalue weighted by Crippen LogP contribution is 2.04. The maximum atomic E-state index is 8.97. The fourth-order valence-corrected chi connectivity index (χ4v) is 2.50. The predicted octanol–water partition coefficient (Wildman–Crippen LogP) is 0.192. The van der Waals surface area contributed by atoms with Crippen LogP contribution in [0.5, 0.6) is 0 Å². The van der Waals surface area contributed by atoms with Gasteiger partial charge in [0.15, 0.2) is 0 Å². The molecular weight excluding hydrogens is 228 g/mol. The molecule has 0 bridgehead atoms. The molecule has 2 heterocycles. The SMILES string of the molecule is Cc1nccn1CCN1CCCN(CCO)CC1. The molecule has 1 aromatic heterocycles. The van der Waals surface area contributed by atoms with Crippen molar-refractivity contribution in [2.45, 2.75) is 19.9 Å². The number of aromatic nitrogens is 2. The molecule has 1 aromatic rings. The van der Waals surface area contributed by atoms with Crippen molar-refractivity contribution in [1.82, 2.24) is 19.4 Å². The summed E-state index contributed by atoms with van der Waals surface area (Å²) in [5.74, 6) is 1.09. The molecule has 0 radical (unpaired) electrons. The second kappa shape index (κ2) is 6.87. The van der Waals surface area contributed by atoms with E-state index in [1.807, 2.05) is 19.3 Å². The van der Waals surface area contributed by atoms with Crippen LogP contribution in [0.2, 0.25) is 0 Å². The second-order valence-electron chi connectivity index (χ2n) is 4.93. The lowest BCUT2D eigenvalue weighted by molar-refractivity contribution is 0.196. The minimum Gasteiger partial charge on any atom is -0.395 e. The molecule has 2 rings (SSSR count). The number of hydrogen-bond acceptors (Lipinski definition) is 4. The molecule has 0 saturated carbocycles. The van der Waals surface area contributed by atoms with Gasteiger partial charge in [0.2, 0.25) is 0 Å². The Morgan fingerprint density at radius 1 is 1.11 bits per heavy atom. The lowest BCUT2D eigenvalue weighted by Crippen LogP contribution is -2.33. The van der Waals surface area contributed by atoms with Crippen LogP contribution in [0, 0.1) is 6.92 Å². The molecule has 5 heteroatoms. The molecule has 1 fully saturated rings. The second-order valence-corrected chi connectivity index (χ2v) is 4.93. The van der Waals surface area contributed by atoms with Crippen molar-refractivity contribution in [2.75, 3.05) is 45.9 Å². The van der Waals surface area contributed by atoms with Gasteiger partial charge < -0.3 is 14.6 Å². The van der Waals surface area contributed by atoms with E-state index < -0.39 is 0 Å². The summed E-state index contributed by atoms with van der Waals surface area (Å²) < 4.78 is 2.20. The third-order valence-corrected chi connectivity index (χ3v) is 3.68. The van der Waals surface area contributed by atoms with Gasteiger partial charge in [0.25, 0.3) is 0 Å². The molecule has 1 aliphatic rings. The average Bonchev–Trinajstić information content (AvgIpc) is 2.63.